The third-order valence-electron chi connectivity index (χ3n) is 6.25. The summed E-state index contributed by atoms with van der Waals surface area (Å²) >= 11 is 0. The van der Waals surface area contributed by atoms with E-state index in [9.17, 15) is 13.2 Å². The van der Waals surface area contributed by atoms with Gasteiger partial charge in [-0.25, -0.2) is 24.9 Å². The monoisotopic (exact) mass is 509 g/mol. The average molecular weight is 510 g/mol. The fraction of sp³-hybridized carbons (Fsp3) is 0.280. The molecule has 1 aliphatic carbocycles. The number of methoxy groups -OCH3 is 1. The normalized spacial score (nSPS) is 15.4. The third-order valence-corrected chi connectivity index (χ3v) is 6.25. The fourth-order valence-corrected chi connectivity index (χ4v) is 4.29. The number of aryl methyl sites for hydroxylation is 1. The highest BCUT2D eigenvalue weighted by molar-refractivity contribution is 5.79. The molecule has 5 aromatic rings. The standard InChI is InChI=1S/C25H21F3N8O/c1-36-11-18(25(26,27)28)32-23(36)15-5-3-13(4-6-15)9-16-21-17(35-34-16)10-29-22(33-21)19-20(14-7-8-14)30-12-31-24(19)37-2/h3-6,10-12,14H,7-9H2,1-2H3,(H,34,35)/i2D3. The number of rotatable bonds is 6. The van der Waals surface area contributed by atoms with Crippen molar-refractivity contribution >= 4 is 11.0 Å². The SMILES string of the molecule is [2H]C([2H])([2H])Oc1ncnc(C2CC2)c1-c1ncc2n[nH]c(Cc3ccc(-c4nc(C(F)(F)F)cn4C)cc3)c2n1. The van der Waals surface area contributed by atoms with E-state index < -0.39 is 18.9 Å². The second-order valence-corrected chi connectivity index (χ2v) is 8.88. The lowest BCUT2D eigenvalue weighted by atomic mass is 10.1. The number of halogens is 3. The number of imidazole rings is 1. The van der Waals surface area contributed by atoms with Crippen LogP contribution in [0.4, 0.5) is 13.2 Å². The van der Waals surface area contributed by atoms with Gasteiger partial charge in [0.15, 0.2) is 11.5 Å². The minimum Gasteiger partial charge on any atom is -0.480 e. The summed E-state index contributed by atoms with van der Waals surface area (Å²) < 4.78 is 68.3. The van der Waals surface area contributed by atoms with Gasteiger partial charge in [-0.05, 0) is 18.4 Å². The quantitative estimate of drug-likeness (QED) is 0.353. The Morgan fingerprint density at radius 3 is 2.65 bits per heavy atom. The maximum Gasteiger partial charge on any atom is 0.434 e. The number of hydrogen-bond acceptors (Lipinski definition) is 7. The fourth-order valence-electron chi connectivity index (χ4n) is 4.29. The van der Waals surface area contributed by atoms with E-state index in [-0.39, 0.29) is 23.4 Å². The van der Waals surface area contributed by atoms with E-state index in [0.717, 1.165) is 24.6 Å². The van der Waals surface area contributed by atoms with E-state index >= 15 is 0 Å². The first-order chi connectivity index (χ1) is 19.0. The molecule has 0 unspecified atom stereocenters. The summed E-state index contributed by atoms with van der Waals surface area (Å²) in [6.45, 7) is 0. The first-order valence-corrected chi connectivity index (χ1v) is 11.4. The number of alkyl halides is 3. The van der Waals surface area contributed by atoms with E-state index in [1.165, 1.54) is 24.1 Å². The van der Waals surface area contributed by atoms with E-state index in [4.69, 9.17) is 13.8 Å². The Hall–Kier alpha value is -4.35. The molecule has 37 heavy (non-hydrogen) atoms. The van der Waals surface area contributed by atoms with Gasteiger partial charge in [0.2, 0.25) is 5.88 Å². The summed E-state index contributed by atoms with van der Waals surface area (Å²) in [5.74, 6) is 0.460. The molecule has 0 amide bonds. The minimum absolute atomic E-state index is 0.111. The van der Waals surface area contributed by atoms with Crippen molar-refractivity contribution in [2.45, 2.75) is 31.4 Å². The van der Waals surface area contributed by atoms with E-state index in [2.05, 4.69) is 30.1 Å². The molecule has 12 heteroatoms. The van der Waals surface area contributed by atoms with Crippen molar-refractivity contribution in [3.63, 3.8) is 0 Å². The van der Waals surface area contributed by atoms with Gasteiger partial charge in [-0.3, -0.25) is 5.10 Å². The molecule has 1 fully saturated rings. The van der Waals surface area contributed by atoms with Gasteiger partial charge in [0.05, 0.1) is 28.7 Å². The van der Waals surface area contributed by atoms with Gasteiger partial charge >= 0.3 is 6.18 Å². The molecule has 4 heterocycles. The molecule has 0 atom stereocenters. The summed E-state index contributed by atoms with van der Waals surface area (Å²) in [4.78, 5) is 21.3. The third kappa shape index (κ3) is 4.28. The molecule has 0 saturated heterocycles. The van der Waals surface area contributed by atoms with Crippen molar-refractivity contribution in [3.05, 3.63) is 65.6 Å². The van der Waals surface area contributed by atoms with Gasteiger partial charge < -0.3 is 9.30 Å². The number of hydrogen-bond donors (Lipinski definition) is 1. The maximum atomic E-state index is 13.1. The lowest BCUT2D eigenvalue weighted by Crippen LogP contribution is -2.04. The highest BCUT2D eigenvalue weighted by Gasteiger charge is 2.34. The predicted molar refractivity (Wildman–Crippen MR) is 128 cm³/mol. The maximum absolute atomic E-state index is 13.1. The number of fused-ring (bicyclic) bond motifs is 1. The molecule has 0 spiro atoms. The Bertz CT molecular complexity index is 1710. The molecule has 1 N–H and O–H groups in total. The van der Waals surface area contributed by atoms with Crippen LogP contribution in [0.1, 0.15) is 45.5 Å². The second-order valence-electron chi connectivity index (χ2n) is 8.88. The Kier molecular flexibility index (Phi) is 4.62. The molecular weight excluding hydrogens is 485 g/mol. The minimum atomic E-state index is -4.52. The van der Waals surface area contributed by atoms with Gasteiger partial charge in [0.25, 0.3) is 0 Å². The molecule has 0 radical (unpaired) electrons. The summed E-state index contributed by atoms with van der Waals surface area (Å²) in [6.07, 6.45) is 1.44. The van der Waals surface area contributed by atoms with E-state index in [0.29, 0.717) is 40.0 Å². The van der Waals surface area contributed by atoms with Crippen molar-refractivity contribution in [2.75, 3.05) is 7.04 Å². The number of benzene rings is 1. The Morgan fingerprint density at radius 2 is 1.95 bits per heavy atom. The van der Waals surface area contributed by atoms with Crippen LogP contribution in [0.2, 0.25) is 0 Å². The van der Waals surface area contributed by atoms with Gasteiger partial charge in [0, 0.05) is 31.1 Å². The summed E-state index contributed by atoms with van der Waals surface area (Å²) in [7, 11) is -1.20. The molecule has 1 aromatic carbocycles. The Morgan fingerprint density at radius 1 is 1.14 bits per heavy atom. The van der Waals surface area contributed by atoms with Crippen LogP contribution in [0.5, 0.6) is 5.88 Å². The molecule has 6 rings (SSSR count). The number of aromatic amines is 1. The first-order valence-electron chi connectivity index (χ1n) is 12.9. The van der Waals surface area contributed by atoms with Crippen LogP contribution in [0, 0.1) is 0 Å². The zero-order chi connectivity index (χ0) is 28.2. The number of ether oxygens (including phenoxy) is 1. The van der Waals surface area contributed by atoms with Crippen LogP contribution in [-0.2, 0) is 19.6 Å². The van der Waals surface area contributed by atoms with Crippen LogP contribution in [0.3, 0.4) is 0 Å². The van der Waals surface area contributed by atoms with Crippen LogP contribution < -0.4 is 4.74 Å². The zero-order valence-electron chi connectivity index (χ0n) is 22.4. The topological polar surface area (TPSA) is 107 Å². The van der Waals surface area contributed by atoms with Gasteiger partial charge in [-0.1, -0.05) is 24.3 Å². The number of H-pyrrole nitrogens is 1. The van der Waals surface area contributed by atoms with Crippen molar-refractivity contribution < 1.29 is 22.0 Å². The van der Waals surface area contributed by atoms with Gasteiger partial charge in [-0.15, -0.1) is 0 Å². The van der Waals surface area contributed by atoms with Gasteiger partial charge in [-0.2, -0.15) is 18.3 Å². The highest BCUT2D eigenvalue weighted by atomic mass is 19.4. The predicted octanol–water partition coefficient (Wildman–Crippen LogP) is 4.71. The second kappa shape index (κ2) is 8.64. The number of nitrogens with one attached hydrogen (secondary N) is 1. The van der Waals surface area contributed by atoms with Crippen molar-refractivity contribution in [2.24, 2.45) is 7.05 Å². The lowest BCUT2D eigenvalue weighted by molar-refractivity contribution is -0.140. The first kappa shape index (κ1) is 19.8. The van der Waals surface area contributed by atoms with Crippen LogP contribution in [-0.4, -0.2) is 46.7 Å². The Labute approximate surface area is 213 Å². The highest BCUT2D eigenvalue weighted by Crippen LogP contribution is 2.45. The van der Waals surface area contributed by atoms with Crippen LogP contribution in [0.15, 0.2) is 43.0 Å². The van der Waals surface area contributed by atoms with Crippen LogP contribution >= 0.6 is 0 Å². The Balaban J connectivity index is 1.32. The molecule has 1 saturated carbocycles. The van der Waals surface area contributed by atoms with Crippen molar-refractivity contribution in [1.29, 1.82) is 0 Å². The molecular formula is C25H21F3N8O. The summed E-state index contributed by atoms with van der Waals surface area (Å²) in [5.41, 5.74) is 3.13. The zero-order valence-corrected chi connectivity index (χ0v) is 19.4. The van der Waals surface area contributed by atoms with Gasteiger partial charge in [0.1, 0.15) is 28.7 Å². The number of nitrogens with zero attached hydrogens (tertiary/aromatic N) is 7. The molecule has 9 nitrogen and oxygen atoms in total. The largest absolute Gasteiger partial charge is 0.480 e. The lowest BCUT2D eigenvalue weighted by Gasteiger charge is -2.10. The van der Waals surface area contributed by atoms with E-state index in [1.54, 1.807) is 24.3 Å². The molecule has 4 aromatic heterocycles. The van der Waals surface area contributed by atoms with Crippen LogP contribution in [0.25, 0.3) is 33.8 Å². The number of aromatic nitrogens is 8. The molecule has 1 aliphatic rings. The summed E-state index contributed by atoms with van der Waals surface area (Å²) in [5, 5.41) is 7.25. The molecule has 0 aliphatic heterocycles. The average Bonchev–Trinajstić information content (AvgIpc) is 3.55. The summed E-state index contributed by atoms with van der Waals surface area (Å²) in [6, 6.07) is 7.01. The molecule has 188 valence electrons. The van der Waals surface area contributed by atoms with Crippen molar-refractivity contribution in [1.82, 2.24) is 39.7 Å². The smallest absolute Gasteiger partial charge is 0.434 e. The molecule has 0 bridgehead atoms. The van der Waals surface area contributed by atoms with E-state index in [1.807, 2.05) is 0 Å². The van der Waals surface area contributed by atoms with Crippen molar-refractivity contribution in [3.8, 4) is 28.7 Å².